The average Bonchev–Trinajstić information content (AvgIpc) is 3.88. The largest absolute Gasteiger partial charge is 0.477 e. The Kier molecular flexibility index (Phi) is 9.12. The Morgan fingerprint density at radius 1 is 0.938 bits per heavy atom. The molecular weight excluding hydrogens is 659 g/mol. The van der Waals surface area contributed by atoms with Gasteiger partial charge in [0.25, 0.3) is 11.8 Å². The number of aliphatic carboxylic acids is 1. The molecule has 1 unspecified atom stereocenters. The first-order valence-corrected chi connectivity index (χ1v) is 19.3. The number of amides is 2. The molecule has 4 aromatic rings. The summed E-state index contributed by atoms with van der Waals surface area (Å²) in [4.78, 5) is 48.8. The first kappa shape index (κ1) is 32.5. The number of hydrogen-bond donors (Lipinski definition) is 1. The third-order valence-electron chi connectivity index (χ3n) is 9.74. The van der Waals surface area contributed by atoms with Crippen LogP contribution in [0.4, 0.5) is 5.69 Å². The summed E-state index contributed by atoms with van der Waals surface area (Å²) < 4.78 is 0. The van der Waals surface area contributed by atoms with Gasteiger partial charge in [-0.15, -0.1) is 34.0 Å². The van der Waals surface area contributed by atoms with Crippen molar-refractivity contribution in [2.24, 2.45) is 5.92 Å². The third-order valence-corrected chi connectivity index (χ3v) is 13.5. The first-order chi connectivity index (χ1) is 23.3. The second-order valence-corrected chi connectivity index (χ2v) is 16.0. The van der Waals surface area contributed by atoms with Crippen molar-refractivity contribution in [3.05, 3.63) is 69.1 Å². The molecule has 1 N–H and O–H groups in total. The molecule has 0 saturated carbocycles. The van der Waals surface area contributed by atoms with Crippen LogP contribution in [0.2, 0.25) is 0 Å². The molecule has 7 rings (SSSR count). The van der Waals surface area contributed by atoms with Gasteiger partial charge in [0, 0.05) is 44.8 Å². The van der Waals surface area contributed by atoms with Gasteiger partial charge in [-0.1, -0.05) is 33.1 Å². The number of anilines is 1. The average molecular weight is 696 g/mol. The quantitative estimate of drug-likeness (QED) is 0.0953. The van der Waals surface area contributed by atoms with E-state index >= 15 is 0 Å². The molecule has 2 amide bonds. The van der Waals surface area contributed by atoms with E-state index in [1.54, 1.807) is 23.5 Å². The van der Waals surface area contributed by atoms with Crippen LogP contribution in [-0.4, -0.2) is 47.4 Å². The number of hydrogen-bond acceptors (Lipinski definition) is 8. The number of benzene rings is 1. The molecule has 1 aromatic carbocycles. The molecule has 48 heavy (non-hydrogen) atoms. The molecule has 10 heteroatoms. The first-order valence-electron chi connectivity index (χ1n) is 16.8. The lowest BCUT2D eigenvalue weighted by atomic mass is 9.90. The van der Waals surface area contributed by atoms with Crippen molar-refractivity contribution in [3.8, 4) is 36.0 Å². The predicted octanol–water partition coefficient (Wildman–Crippen LogP) is 9.37. The maximum atomic E-state index is 14.2. The van der Waals surface area contributed by atoms with E-state index in [1.807, 2.05) is 6.07 Å². The van der Waals surface area contributed by atoms with Crippen LogP contribution in [0.15, 0.2) is 42.0 Å². The minimum atomic E-state index is -1.29. The van der Waals surface area contributed by atoms with E-state index < -0.39 is 5.97 Å². The summed E-state index contributed by atoms with van der Waals surface area (Å²) in [5.74, 6) is -1.53. The lowest BCUT2D eigenvalue weighted by Crippen LogP contribution is -2.34. The number of carboxylic acid groups (broad SMARTS) is 1. The summed E-state index contributed by atoms with van der Waals surface area (Å²) in [6, 6.07) is 14.3. The summed E-state index contributed by atoms with van der Waals surface area (Å²) in [6.07, 6.45) is 9.87. The highest BCUT2D eigenvalue weighted by Crippen LogP contribution is 2.51. The van der Waals surface area contributed by atoms with E-state index in [-0.39, 0.29) is 23.3 Å². The Morgan fingerprint density at radius 3 is 2.17 bits per heavy atom. The Balaban J connectivity index is 1.30. The molecule has 3 aliphatic rings. The number of nitrogens with zero attached hydrogens (tertiary/aromatic N) is 3. The summed E-state index contributed by atoms with van der Waals surface area (Å²) >= 11 is 4.43. The number of carboxylic acids is 1. The van der Waals surface area contributed by atoms with E-state index in [1.165, 1.54) is 68.9 Å². The van der Waals surface area contributed by atoms with Crippen molar-refractivity contribution in [1.82, 2.24) is 4.90 Å². The number of imide groups is 1. The molecule has 1 atom stereocenters. The van der Waals surface area contributed by atoms with Gasteiger partial charge >= 0.3 is 5.97 Å². The molecular formula is C38H37N3O4S3. The number of carbonyl (C=O) groups is 3. The van der Waals surface area contributed by atoms with Crippen molar-refractivity contribution >= 4 is 63.6 Å². The van der Waals surface area contributed by atoms with Crippen molar-refractivity contribution in [2.45, 2.75) is 65.2 Å². The Labute approximate surface area is 292 Å². The molecule has 3 aromatic heterocycles. The minimum absolute atomic E-state index is 0.231. The standard InChI is InChI=1S/C38H37N3O4S3/c1-3-5-8-22(4-2)21-41-36(42)31-32(37(41)43)35(48-34(31)29-12-11-27(46-29)19-26(20-39)38(44)45)30-14-13-28(47-30)25-17-23-9-6-15-40-16-7-10-24(18-25)33(23)40/h11-14,17-19,22H,3-10,15-16,21H2,1-2H3,(H,44,45)/b26-19-. The summed E-state index contributed by atoms with van der Waals surface area (Å²) in [5.41, 5.74) is 6.07. The zero-order valence-electron chi connectivity index (χ0n) is 27.1. The maximum absolute atomic E-state index is 14.2. The van der Waals surface area contributed by atoms with Crippen LogP contribution in [0.5, 0.6) is 0 Å². The third kappa shape index (κ3) is 5.82. The molecule has 0 spiro atoms. The zero-order chi connectivity index (χ0) is 33.5. The van der Waals surface area contributed by atoms with E-state index in [4.69, 9.17) is 0 Å². The number of unbranched alkanes of at least 4 members (excludes halogenated alkanes) is 1. The molecule has 0 aliphatic carbocycles. The van der Waals surface area contributed by atoms with Crippen LogP contribution in [-0.2, 0) is 17.6 Å². The van der Waals surface area contributed by atoms with E-state index in [0.717, 1.165) is 71.1 Å². The summed E-state index contributed by atoms with van der Waals surface area (Å²) in [7, 11) is 0. The van der Waals surface area contributed by atoms with Crippen LogP contribution in [0.25, 0.3) is 36.0 Å². The normalized spacial score (nSPS) is 16.2. The molecule has 0 saturated heterocycles. The maximum Gasteiger partial charge on any atom is 0.346 e. The number of fused-ring (bicyclic) bond motifs is 1. The second-order valence-electron chi connectivity index (χ2n) is 12.8. The van der Waals surface area contributed by atoms with Crippen molar-refractivity contribution in [3.63, 3.8) is 0 Å². The van der Waals surface area contributed by atoms with E-state index in [0.29, 0.717) is 27.4 Å². The Hall–Kier alpha value is -4.04. The minimum Gasteiger partial charge on any atom is -0.477 e. The Bertz CT molecular complexity index is 1980. The van der Waals surface area contributed by atoms with Gasteiger partial charge in [-0.2, -0.15) is 5.26 Å². The number of carbonyl (C=O) groups excluding carboxylic acids is 2. The second kappa shape index (κ2) is 13.5. The summed E-state index contributed by atoms with van der Waals surface area (Å²) in [6.45, 7) is 6.94. The number of nitriles is 1. The molecule has 7 nitrogen and oxygen atoms in total. The lowest BCUT2D eigenvalue weighted by Gasteiger charge is -2.37. The van der Waals surface area contributed by atoms with Crippen molar-refractivity contribution in [1.29, 1.82) is 5.26 Å². The van der Waals surface area contributed by atoms with E-state index in [9.17, 15) is 24.8 Å². The highest BCUT2D eigenvalue weighted by Gasteiger charge is 2.43. The van der Waals surface area contributed by atoms with Crippen molar-refractivity contribution in [2.75, 3.05) is 24.5 Å². The van der Waals surface area contributed by atoms with Crippen molar-refractivity contribution < 1.29 is 19.5 Å². The number of rotatable bonds is 11. The SMILES string of the molecule is CCCCC(CC)CN1C(=O)c2c(-c3ccc(/C=C(/C#N)C(=O)O)s3)sc(-c3ccc(-c4cc5c6c(c4)CCCN6CCC5)s3)c2C1=O. The lowest BCUT2D eigenvalue weighted by molar-refractivity contribution is -0.132. The van der Waals surface area contributed by atoms with Gasteiger partial charge in [0.05, 0.1) is 20.9 Å². The highest BCUT2D eigenvalue weighted by atomic mass is 32.1. The van der Waals surface area contributed by atoms with Gasteiger partial charge in [0.15, 0.2) is 0 Å². The van der Waals surface area contributed by atoms with Gasteiger partial charge in [0.1, 0.15) is 11.6 Å². The van der Waals surface area contributed by atoms with Crippen LogP contribution < -0.4 is 4.90 Å². The van der Waals surface area contributed by atoms with Crippen LogP contribution in [0.1, 0.15) is 89.1 Å². The van der Waals surface area contributed by atoms with Gasteiger partial charge in [-0.25, -0.2) is 4.79 Å². The van der Waals surface area contributed by atoms with Crippen LogP contribution in [0.3, 0.4) is 0 Å². The van der Waals surface area contributed by atoms with Gasteiger partial charge in [0.2, 0.25) is 0 Å². The molecule has 3 aliphatic heterocycles. The smallest absolute Gasteiger partial charge is 0.346 e. The number of thiophene rings is 3. The zero-order valence-corrected chi connectivity index (χ0v) is 29.6. The fourth-order valence-corrected chi connectivity index (χ4v) is 10.7. The fraction of sp³-hybridized carbons (Fsp3) is 0.368. The highest BCUT2D eigenvalue weighted by molar-refractivity contribution is 7.28. The van der Waals surface area contributed by atoms with E-state index in [2.05, 4.69) is 43.0 Å². The Morgan fingerprint density at radius 2 is 1.56 bits per heavy atom. The van der Waals surface area contributed by atoms with Gasteiger partial charge < -0.3 is 10.0 Å². The molecule has 246 valence electrons. The van der Waals surface area contributed by atoms with Crippen LogP contribution >= 0.6 is 34.0 Å². The van der Waals surface area contributed by atoms with Crippen LogP contribution in [0, 0.1) is 17.2 Å². The summed E-state index contributed by atoms with van der Waals surface area (Å²) in [5, 5.41) is 18.6. The number of aryl methyl sites for hydroxylation is 2. The van der Waals surface area contributed by atoms with Gasteiger partial charge in [-0.05, 0) is 97.2 Å². The molecule has 0 radical (unpaired) electrons. The predicted molar refractivity (Wildman–Crippen MR) is 195 cm³/mol. The fourth-order valence-electron chi connectivity index (χ4n) is 7.29. The molecule has 0 bridgehead atoms. The monoisotopic (exact) mass is 695 g/mol. The van der Waals surface area contributed by atoms with Gasteiger partial charge in [-0.3, -0.25) is 14.5 Å². The molecule has 0 fully saturated rings. The molecule has 6 heterocycles. The topological polar surface area (TPSA) is 102 Å².